The number of hydrogen-bond acceptors (Lipinski definition) is 4. The molecule has 22 heavy (non-hydrogen) atoms. The number of carbonyl (C=O) groups is 3. The monoisotopic (exact) mass is 320 g/mol. The largest absolute Gasteiger partial charge is 0.355 e. The van der Waals surface area contributed by atoms with Crippen LogP contribution in [0.25, 0.3) is 0 Å². The zero-order valence-electron chi connectivity index (χ0n) is 12.4. The van der Waals surface area contributed by atoms with E-state index in [1.165, 1.54) is 4.90 Å². The van der Waals surface area contributed by atoms with Gasteiger partial charge in [-0.25, -0.2) is 0 Å². The van der Waals surface area contributed by atoms with Crippen LogP contribution in [0.5, 0.6) is 0 Å². The Bertz CT molecular complexity index is 539. The number of carbonyl (C=O) groups excluding carboxylic acids is 3. The highest BCUT2D eigenvalue weighted by atomic mass is 32.1. The van der Waals surface area contributed by atoms with Crippen molar-refractivity contribution in [2.75, 3.05) is 18.8 Å². The third-order valence-corrected chi connectivity index (χ3v) is 3.82. The SMILES string of the molecule is O=C(CCCCCN1C(=O)c2ccccc2C1=O)NCCS. The highest BCUT2D eigenvalue weighted by Gasteiger charge is 2.34. The van der Waals surface area contributed by atoms with Gasteiger partial charge in [-0.05, 0) is 25.0 Å². The van der Waals surface area contributed by atoms with Gasteiger partial charge in [0.15, 0.2) is 0 Å². The van der Waals surface area contributed by atoms with Crippen LogP contribution in [0.3, 0.4) is 0 Å². The van der Waals surface area contributed by atoms with E-state index in [2.05, 4.69) is 17.9 Å². The minimum Gasteiger partial charge on any atom is -0.355 e. The van der Waals surface area contributed by atoms with E-state index < -0.39 is 0 Å². The number of fused-ring (bicyclic) bond motifs is 1. The van der Waals surface area contributed by atoms with E-state index in [0.29, 0.717) is 42.8 Å². The van der Waals surface area contributed by atoms with Crippen LogP contribution in [0.15, 0.2) is 24.3 Å². The van der Waals surface area contributed by atoms with Crippen molar-refractivity contribution in [2.45, 2.75) is 25.7 Å². The lowest BCUT2D eigenvalue weighted by Gasteiger charge is -2.13. The van der Waals surface area contributed by atoms with Crippen LogP contribution in [0.1, 0.15) is 46.4 Å². The Labute approximate surface area is 135 Å². The van der Waals surface area contributed by atoms with Crippen molar-refractivity contribution in [1.29, 1.82) is 0 Å². The van der Waals surface area contributed by atoms with Crippen LogP contribution < -0.4 is 5.32 Å². The van der Waals surface area contributed by atoms with Crippen molar-refractivity contribution in [2.24, 2.45) is 0 Å². The zero-order valence-corrected chi connectivity index (χ0v) is 13.3. The van der Waals surface area contributed by atoms with Crippen LogP contribution in [0.4, 0.5) is 0 Å². The fourth-order valence-electron chi connectivity index (χ4n) is 2.46. The van der Waals surface area contributed by atoms with Crippen LogP contribution >= 0.6 is 12.6 Å². The van der Waals surface area contributed by atoms with Crippen LogP contribution in [0, 0.1) is 0 Å². The van der Waals surface area contributed by atoms with Crippen molar-refractivity contribution in [3.05, 3.63) is 35.4 Å². The molecule has 0 atom stereocenters. The van der Waals surface area contributed by atoms with Crippen molar-refractivity contribution >= 4 is 30.4 Å². The molecule has 0 aromatic heterocycles. The summed E-state index contributed by atoms with van der Waals surface area (Å²) in [5.74, 6) is 0.222. The molecule has 0 saturated carbocycles. The Morgan fingerprint density at radius 2 is 1.68 bits per heavy atom. The number of amides is 3. The summed E-state index contributed by atoms with van der Waals surface area (Å²) in [6.45, 7) is 0.988. The zero-order chi connectivity index (χ0) is 15.9. The first kappa shape index (κ1) is 16.5. The summed E-state index contributed by atoms with van der Waals surface area (Å²) in [7, 11) is 0. The van der Waals surface area contributed by atoms with Gasteiger partial charge in [-0.3, -0.25) is 19.3 Å². The number of imide groups is 1. The number of hydrogen-bond donors (Lipinski definition) is 2. The van der Waals surface area contributed by atoms with E-state index >= 15 is 0 Å². The molecular weight excluding hydrogens is 300 g/mol. The number of unbranched alkanes of at least 4 members (excludes halogenated alkanes) is 2. The maximum Gasteiger partial charge on any atom is 0.261 e. The molecule has 1 aliphatic rings. The van der Waals surface area contributed by atoms with Gasteiger partial charge >= 0.3 is 0 Å². The predicted molar refractivity (Wildman–Crippen MR) is 87.1 cm³/mol. The van der Waals surface area contributed by atoms with E-state index in [4.69, 9.17) is 0 Å². The number of nitrogens with zero attached hydrogens (tertiary/aromatic N) is 1. The summed E-state index contributed by atoms with van der Waals surface area (Å²) >= 11 is 4.02. The van der Waals surface area contributed by atoms with Gasteiger partial charge in [0.2, 0.25) is 5.91 Å². The second kappa shape index (κ2) is 7.98. The second-order valence-corrected chi connectivity index (χ2v) is 5.64. The van der Waals surface area contributed by atoms with Crippen molar-refractivity contribution in [1.82, 2.24) is 10.2 Å². The molecule has 0 saturated heterocycles. The molecule has 1 aromatic carbocycles. The van der Waals surface area contributed by atoms with Gasteiger partial charge in [-0.2, -0.15) is 12.6 Å². The van der Waals surface area contributed by atoms with Gasteiger partial charge in [0, 0.05) is 25.3 Å². The average Bonchev–Trinajstić information content (AvgIpc) is 2.77. The Morgan fingerprint density at radius 1 is 1.05 bits per heavy atom. The van der Waals surface area contributed by atoms with Gasteiger partial charge in [-0.1, -0.05) is 18.6 Å². The lowest BCUT2D eigenvalue weighted by atomic mass is 10.1. The lowest BCUT2D eigenvalue weighted by molar-refractivity contribution is -0.121. The van der Waals surface area contributed by atoms with Gasteiger partial charge in [0.25, 0.3) is 11.8 Å². The number of nitrogens with one attached hydrogen (secondary N) is 1. The number of benzene rings is 1. The fourth-order valence-corrected chi connectivity index (χ4v) is 2.57. The standard InChI is InChI=1S/C16H20N2O3S/c19-14(17-9-11-22)8-2-1-5-10-18-15(20)12-6-3-4-7-13(12)16(18)21/h3-4,6-7,22H,1-2,5,8-11H2,(H,17,19). The summed E-state index contributed by atoms with van der Waals surface area (Å²) in [4.78, 5) is 37.0. The predicted octanol–water partition coefficient (Wildman–Crippen LogP) is 1.89. The minimum atomic E-state index is -0.216. The molecule has 118 valence electrons. The molecule has 6 heteroatoms. The van der Waals surface area contributed by atoms with E-state index in [9.17, 15) is 14.4 Å². The normalized spacial score (nSPS) is 13.4. The topological polar surface area (TPSA) is 66.5 Å². The third kappa shape index (κ3) is 3.88. The molecule has 1 aliphatic heterocycles. The molecule has 0 bridgehead atoms. The summed E-state index contributed by atoms with van der Waals surface area (Å²) < 4.78 is 0. The molecule has 0 spiro atoms. The highest BCUT2D eigenvalue weighted by Crippen LogP contribution is 2.22. The van der Waals surface area contributed by atoms with E-state index in [0.717, 1.165) is 12.8 Å². The van der Waals surface area contributed by atoms with Crippen molar-refractivity contribution in [3.8, 4) is 0 Å². The van der Waals surface area contributed by atoms with Crippen molar-refractivity contribution in [3.63, 3.8) is 0 Å². The van der Waals surface area contributed by atoms with E-state index in [1.54, 1.807) is 24.3 Å². The van der Waals surface area contributed by atoms with E-state index in [-0.39, 0.29) is 17.7 Å². The lowest BCUT2D eigenvalue weighted by Crippen LogP contribution is -2.30. The Hall–Kier alpha value is -1.82. The molecule has 0 aliphatic carbocycles. The smallest absolute Gasteiger partial charge is 0.261 e. The molecule has 0 radical (unpaired) electrons. The van der Waals surface area contributed by atoms with Gasteiger partial charge in [0.1, 0.15) is 0 Å². The molecule has 3 amide bonds. The molecule has 1 N–H and O–H groups in total. The Balaban J connectivity index is 1.72. The molecule has 0 fully saturated rings. The molecule has 1 heterocycles. The number of thiol groups is 1. The Kier molecular flexibility index (Phi) is 6.00. The van der Waals surface area contributed by atoms with Crippen LogP contribution in [0.2, 0.25) is 0 Å². The fraction of sp³-hybridized carbons (Fsp3) is 0.438. The van der Waals surface area contributed by atoms with Crippen molar-refractivity contribution < 1.29 is 14.4 Å². The molecule has 0 unspecified atom stereocenters. The summed E-state index contributed by atoms with van der Waals surface area (Å²) in [6, 6.07) is 6.89. The number of rotatable bonds is 8. The third-order valence-electron chi connectivity index (χ3n) is 3.60. The maximum atomic E-state index is 12.1. The first-order chi connectivity index (χ1) is 10.6. The molecule has 5 nitrogen and oxygen atoms in total. The van der Waals surface area contributed by atoms with Crippen LogP contribution in [-0.4, -0.2) is 41.5 Å². The van der Waals surface area contributed by atoms with Crippen LogP contribution in [-0.2, 0) is 4.79 Å². The van der Waals surface area contributed by atoms with E-state index in [1.807, 2.05) is 0 Å². The summed E-state index contributed by atoms with van der Waals surface area (Å²) in [5, 5.41) is 2.76. The molecule has 2 rings (SSSR count). The summed E-state index contributed by atoms with van der Waals surface area (Å²) in [5.41, 5.74) is 0.970. The maximum absolute atomic E-state index is 12.1. The molecule has 1 aromatic rings. The first-order valence-electron chi connectivity index (χ1n) is 7.48. The second-order valence-electron chi connectivity index (χ2n) is 5.19. The quantitative estimate of drug-likeness (QED) is 0.437. The summed E-state index contributed by atoms with van der Waals surface area (Å²) in [6.07, 6.45) is 2.74. The minimum absolute atomic E-state index is 0.0229. The van der Waals surface area contributed by atoms with Gasteiger partial charge in [0.05, 0.1) is 11.1 Å². The average molecular weight is 320 g/mol. The first-order valence-corrected chi connectivity index (χ1v) is 8.11. The highest BCUT2D eigenvalue weighted by molar-refractivity contribution is 7.80. The Morgan fingerprint density at radius 3 is 2.27 bits per heavy atom. The van der Waals surface area contributed by atoms with Gasteiger partial charge < -0.3 is 5.32 Å². The molecular formula is C16H20N2O3S. The van der Waals surface area contributed by atoms with Gasteiger partial charge in [-0.15, -0.1) is 0 Å².